The maximum atomic E-state index is 11.8. The van der Waals surface area contributed by atoms with E-state index >= 15 is 0 Å². The van der Waals surface area contributed by atoms with Gasteiger partial charge in [-0.25, -0.2) is 4.79 Å². The molecule has 0 saturated carbocycles. The van der Waals surface area contributed by atoms with Crippen LogP contribution in [-0.4, -0.2) is 28.7 Å². The molecule has 6 nitrogen and oxygen atoms in total. The molecule has 0 heterocycles. The number of esters is 1. The van der Waals surface area contributed by atoms with E-state index in [1.165, 1.54) is 12.1 Å². The topological polar surface area (TPSA) is 95.9 Å². The second-order valence-corrected chi connectivity index (χ2v) is 4.64. The highest BCUT2D eigenvalue weighted by Gasteiger charge is 2.15. The summed E-state index contributed by atoms with van der Waals surface area (Å²) < 4.78 is 4.83. The molecule has 2 aromatic carbocycles. The second-order valence-electron chi connectivity index (χ2n) is 4.64. The third kappa shape index (κ3) is 3.76. The van der Waals surface area contributed by atoms with E-state index in [1.54, 1.807) is 12.1 Å². The van der Waals surface area contributed by atoms with Gasteiger partial charge in [0.1, 0.15) is 17.1 Å². The maximum absolute atomic E-state index is 11.8. The van der Waals surface area contributed by atoms with Gasteiger partial charge in [-0.15, -0.1) is 0 Å². The van der Waals surface area contributed by atoms with Gasteiger partial charge in [0.15, 0.2) is 6.61 Å². The fraction of sp³-hybridized carbons (Fsp3) is 0.125. The number of nitrogens with one attached hydrogen (secondary N) is 1. The summed E-state index contributed by atoms with van der Waals surface area (Å²) in [7, 11) is 0. The summed E-state index contributed by atoms with van der Waals surface area (Å²) in [6.45, 7) is 1.36. The number of benzene rings is 2. The van der Waals surface area contributed by atoms with Crippen molar-refractivity contribution in [3.05, 3.63) is 53.6 Å². The third-order valence-electron chi connectivity index (χ3n) is 2.95. The lowest BCUT2D eigenvalue weighted by Gasteiger charge is -2.09. The maximum Gasteiger partial charge on any atom is 0.342 e. The molecular formula is C16H15NO5. The number of carbonyl (C=O) groups is 2. The fourth-order valence-electron chi connectivity index (χ4n) is 1.80. The normalized spacial score (nSPS) is 10.0. The average Bonchev–Trinajstić information content (AvgIpc) is 2.47. The Morgan fingerprint density at radius 2 is 1.86 bits per heavy atom. The van der Waals surface area contributed by atoms with E-state index in [1.807, 2.05) is 19.1 Å². The number of anilines is 1. The lowest BCUT2D eigenvalue weighted by molar-refractivity contribution is -0.119. The first-order valence-electron chi connectivity index (χ1n) is 6.52. The van der Waals surface area contributed by atoms with Gasteiger partial charge in [-0.05, 0) is 30.7 Å². The number of rotatable bonds is 4. The number of aromatic hydroxyl groups is 2. The first kappa shape index (κ1) is 15.4. The zero-order valence-corrected chi connectivity index (χ0v) is 11.9. The molecule has 0 aliphatic heterocycles. The van der Waals surface area contributed by atoms with Crippen molar-refractivity contribution in [3.8, 4) is 11.5 Å². The van der Waals surface area contributed by atoms with Crippen molar-refractivity contribution in [2.45, 2.75) is 6.92 Å². The van der Waals surface area contributed by atoms with Gasteiger partial charge in [0.25, 0.3) is 5.91 Å². The number of phenols is 2. The predicted molar refractivity (Wildman–Crippen MR) is 79.9 cm³/mol. The summed E-state index contributed by atoms with van der Waals surface area (Å²) >= 11 is 0. The van der Waals surface area contributed by atoms with Crippen LogP contribution in [0, 0.1) is 6.92 Å². The number of hydrogen-bond acceptors (Lipinski definition) is 5. The molecule has 114 valence electrons. The highest BCUT2D eigenvalue weighted by molar-refractivity contribution is 5.97. The van der Waals surface area contributed by atoms with Crippen molar-refractivity contribution >= 4 is 17.6 Å². The monoisotopic (exact) mass is 301 g/mol. The number of aryl methyl sites for hydroxylation is 1. The molecule has 0 spiro atoms. The van der Waals surface area contributed by atoms with Crippen LogP contribution in [-0.2, 0) is 9.53 Å². The molecule has 0 fully saturated rings. The SMILES string of the molecule is Cc1ccccc1NC(=O)COC(=O)c1ccc(O)cc1O. The van der Waals surface area contributed by atoms with Crippen molar-refractivity contribution < 1.29 is 24.5 Å². The lowest BCUT2D eigenvalue weighted by atomic mass is 10.2. The molecule has 2 aromatic rings. The van der Waals surface area contributed by atoms with Crippen LogP contribution in [0.5, 0.6) is 11.5 Å². The van der Waals surface area contributed by atoms with Crippen LogP contribution in [0.15, 0.2) is 42.5 Å². The Balaban J connectivity index is 1.93. The molecule has 0 atom stereocenters. The quantitative estimate of drug-likeness (QED) is 0.752. The van der Waals surface area contributed by atoms with Gasteiger partial charge in [0.2, 0.25) is 0 Å². The van der Waals surface area contributed by atoms with E-state index in [2.05, 4.69) is 5.32 Å². The molecular weight excluding hydrogens is 286 g/mol. The molecule has 3 N–H and O–H groups in total. The first-order valence-corrected chi connectivity index (χ1v) is 6.52. The van der Waals surface area contributed by atoms with Crippen molar-refractivity contribution in [2.75, 3.05) is 11.9 Å². The smallest absolute Gasteiger partial charge is 0.342 e. The van der Waals surface area contributed by atoms with E-state index in [4.69, 9.17) is 9.84 Å². The molecule has 2 rings (SSSR count). The largest absolute Gasteiger partial charge is 0.508 e. The first-order chi connectivity index (χ1) is 10.5. The highest BCUT2D eigenvalue weighted by atomic mass is 16.5. The third-order valence-corrected chi connectivity index (χ3v) is 2.95. The van der Waals surface area contributed by atoms with E-state index in [0.29, 0.717) is 5.69 Å². The molecule has 22 heavy (non-hydrogen) atoms. The van der Waals surface area contributed by atoms with Crippen LogP contribution in [0.2, 0.25) is 0 Å². The molecule has 0 aliphatic carbocycles. The summed E-state index contributed by atoms with van der Waals surface area (Å²) in [5.74, 6) is -1.92. The zero-order chi connectivity index (χ0) is 16.1. The number of hydrogen-bond donors (Lipinski definition) is 3. The Hall–Kier alpha value is -3.02. The van der Waals surface area contributed by atoms with Crippen molar-refractivity contribution in [3.63, 3.8) is 0 Å². The average molecular weight is 301 g/mol. The van der Waals surface area contributed by atoms with E-state index < -0.39 is 24.2 Å². The Morgan fingerprint density at radius 1 is 1.14 bits per heavy atom. The molecule has 6 heteroatoms. The van der Waals surface area contributed by atoms with Crippen molar-refractivity contribution in [1.29, 1.82) is 0 Å². The van der Waals surface area contributed by atoms with Crippen molar-refractivity contribution in [1.82, 2.24) is 0 Å². The molecule has 0 aromatic heterocycles. The number of phenolic OH excluding ortho intramolecular Hbond substituents is 2. The van der Waals surface area contributed by atoms with Gasteiger partial charge in [-0.2, -0.15) is 0 Å². The minimum atomic E-state index is -0.850. The fourth-order valence-corrected chi connectivity index (χ4v) is 1.80. The van der Waals surface area contributed by atoms with Gasteiger partial charge in [0, 0.05) is 11.8 Å². The molecule has 1 amide bonds. The molecule has 0 bridgehead atoms. The Labute approximate surface area is 127 Å². The van der Waals surface area contributed by atoms with Gasteiger partial charge in [-0.1, -0.05) is 18.2 Å². The van der Waals surface area contributed by atoms with Crippen LogP contribution in [0.1, 0.15) is 15.9 Å². The van der Waals surface area contributed by atoms with Crippen LogP contribution >= 0.6 is 0 Å². The highest BCUT2D eigenvalue weighted by Crippen LogP contribution is 2.23. The van der Waals surface area contributed by atoms with Crippen LogP contribution in [0.25, 0.3) is 0 Å². The van der Waals surface area contributed by atoms with Crippen molar-refractivity contribution in [2.24, 2.45) is 0 Å². The number of ether oxygens (including phenoxy) is 1. The summed E-state index contributed by atoms with van der Waals surface area (Å²) in [6.07, 6.45) is 0. The molecule has 0 unspecified atom stereocenters. The molecule has 0 aliphatic rings. The van der Waals surface area contributed by atoms with Crippen LogP contribution in [0.4, 0.5) is 5.69 Å². The standard InChI is InChI=1S/C16H15NO5/c1-10-4-2-3-5-13(10)17-15(20)9-22-16(21)12-7-6-11(18)8-14(12)19/h2-8,18-19H,9H2,1H3,(H,17,20). The zero-order valence-electron chi connectivity index (χ0n) is 11.9. The summed E-state index contributed by atoms with van der Waals surface area (Å²) in [5.41, 5.74) is 1.40. The van der Waals surface area contributed by atoms with Crippen LogP contribution < -0.4 is 5.32 Å². The minimum absolute atomic E-state index is 0.124. The van der Waals surface area contributed by atoms with Gasteiger partial charge < -0.3 is 20.3 Å². The lowest BCUT2D eigenvalue weighted by Crippen LogP contribution is -2.21. The Morgan fingerprint density at radius 3 is 2.55 bits per heavy atom. The van der Waals surface area contributed by atoms with Gasteiger partial charge in [-0.3, -0.25) is 4.79 Å². The number of carbonyl (C=O) groups excluding carboxylic acids is 2. The Bertz CT molecular complexity index is 711. The molecule has 0 saturated heterocycles. The van der Waals surface area contributed by atoms with E-state index in [9.17, 15) is 14.7 Å². The summed E-state index contributed by atoms with van der Waals surface area (Å²) in [5, 5.41) is 21.3. The summed E-state index contributed by atoms with van der Waals surface area (Å²) in [4.78, 5) is 23.5. The van der Waals surface area contributed by atoms with E-state index in [-0.39, 0.29) is 11.3 Å². The van der Waals surface area contributed by atoms with E-state index in [0.717, 1.165) is 11.6 Å². The predicted octanol–water partition coefficient (Wildman–Crippen LogP) is 2.20. The van der Waals surface area contributed by atoms with Gasteiger partial charge >= 0.3 is 5.97 Å². The van der Waals surface area contributed by atoms with Crippen LogP contribution in [0.3, 0.4) is 0 Å². The number of amides is 1. The molecule has 0 radical (unpaired) electrons. The minimum Gasteiger partial charge on any atom is -0.508 e. The number of para-hydroxylation sites is 1. The summed E-state index contributed by atoms with van der Waals surface area (Å²) in [6, 6.07) is 10.7. The van der Waals surface area contributed by atoms with Gasteiger partial charge in [0.05, 0.1) is 0 Å². The Kier molecular flexibility index (Phi) is 4.63. The second kappa shape index (κ2) is 6.62.